The fraction of sp³-hybridized carbons (Fsp3) is 0.714. The third kappa shape index (κ3) is 43.7. The van der Waals surface area contributed by atoms with Crippen LogP contribution in [-0.2, 0) is 14.3 Å². The van der Waals surface area contributed by atoms with Gasteiger partial charge in [0.2, 0.25) is 5.91 Å². The minimum Gasteiger partial charge on any atom is -0.462 e. The predicted molar refractivity (Wildman–Crippen MR) is 268 cm³/mol. The van der Waals surface area contributed by atoms with Crippen molar-refractivity contribution in [3.8, 4) is 0 Å². The summed E-state index contributed by atoms with van der Waals surface area (Å²) < 4.78 is 5.91. The molecule has 3 N–H and O–H groups in total. The molecule has 0 fully saturated rings. The van der Waals surface area contributed by atoms with Crippen molar-refractivity contribution in [1.82, 2.24) is 5.32 Å². The molecule has 0 bridgehead atoms. The molecule has 0 aromatic rings. The third-order valence-corrected chi connectivity index (χ3v) is 11.4. The first kappa shape index (κ1) is 59.0. The highest BCUT2D eigenvalue weighted by atomic mass is 16.5. The van der Waals surface area contributed by atoms with E-state index in [1.165, 1.54) is 89.9 Å². The van der Waals surface area contributed by atoms with E-state index >= 15 is 0 Å². The second-order valence-electron chi connectivity index (χ2n) is 17.3. The lowest BCUT2D eigenvalue weighted by Gasteiger charge is -2.24. The summed E-state index contributed by atoms with van der Waals surface area (Å²) in [5.74, 6) is -0.538. The second-order valence-corrected chi connectivity index (χ2v) is 17.3. The molecule has 62 heavy (non-hydrogen) atoms. The topological polar surface area (TPSA) is 95.9 Å². The zero-order valence-electron chi connectivity index (χ0n) is 40.5. The summed E-state index contributed by atoms with van der Waals surface area (Å²) in [7, 11) is 0. The van der Waals surface area contributed by atoms with E-state index in [-0.39, 0.29) is 24.9 Å². The van der Waals surface area contributed by atoms with Crippen LogP contribution in [0.2, 0.25) is 0 Å². The Morgan fingerprint density at radius 3 is 1.34 bits per heavy atom. The third-order valence-electron chi connectivity index (χ3n) is 11.4. The minimum absolute atomic E-state index is 0.0411. The lowest BCUT2D eigenvalue weighted by Crippen LogP contribution is -2.46. The molecule has 0 saturated carbocycles. The molecule has 0 aliphatic heterocycles. The van der Waals surface area contributed by atoms with Crippen molar-refractivity contribution in [2.24, 2.45) is 0 Å². The van der Waals surface area contributed by atoms with Gasteiger partial charge in [0.05, 0.1) is 25.2 Å². The Hall–Kier alpha value is -2.96. The van der Waals surface area contributed by atoms with E-state index in [1.807, 2.05) is 18.2 Å². The molecular formula is C56H97NO5. The highest BCUT2D eigenvalue weighted by Crippen LogP contribution is 2.17. The molecule has 6 nitrogen and oxygen atoms in total. The van der Waals surface area contributed by atoms with Crippen LogP contribution in [0.1, 0.15) is 233 Å². The summed E-state index contributed by atoms with van der Waals surface area (Å²) in [6.45, 7) is 6.31. The van der Waals surface area contributed by atoms with Crippen molar-refractivity contribution in [1.29, 1.82) is 0 Å². The maximum absolute atomic E-state index is 13.2. The first-order chi connectivity index (χ1) is 30.5. The Morgan fingerprint density at radius 1 is 0.484 bits per heavy atom. The molecule has 0 aromatic carbocycles. The van der Waals surface area contributed by atoms with Gasteiger partial charge in [0.15, 0.2) is 0 Å². The predicted octanol–water partition coefficient (Wildman–Crippen LogP) is 15.6. The molecular weight excluding hydrogens is 767 g/mol. The van der Waals surface area contributed by atoms with E-state index in [4.69, 9.17) is 4.74 Å². The normalized spacial score (nSPS) is 14.0. The largest absolute Gasteiger partial charge is 0.462 e. The van der Waals surface area contributed by atoms with Crippen LogP contribution in [0.5, 0.6) is 0 Å². The van der Waals surface area contributed by atoms with Crippen molar-refractivity contribution in [2.75, 3.05) is 6.61 Å². The van der Waals surface area contributed by atoms with E-state index in [0.29, 0.717) is 19.3 Å². The van der Waals surface area contributed by atoms with Gasteiger partial charge in [-0.1, -0.05) is 234 Å². The molecule has 0 aliphatic rings. The maximum Gasteiger partial charge on any atom is 0.306 e. The molecule has 356 valence electrons. The van der Waals surface area contributed by atoms with E-state index in [9.17, 15) is 19.8 Å². The maximum atomic E-state index is 13.2. The van der Waals surface area contributed by atoms with Crippen molar-refractivity contribution in [3.63, 3.8) is 0 Å². The number of amides is 1. The molecule has 0 aromatic heterocycles. The molecule has 0 saturated heterocycles. The van der Waals surface area contributed by atoms with Gasteiger partial charge in [0, 0.05) is 6.42 Å². The number of allylic oxidation sites excluding steroid dienone is 14. The molecule has 0 spiro atoms. The number of unbranched alkanes of at least 4 members (excludes halogenated alkanes) is 24. The zero-order chi connectivity index (χ0) is 45.2. The molecule has 0 radical (unpaired) electrons. The molecule has 0 rings (SSSR count). The van der Waals surface area contributed by atoms with Crippen LogP contribution in [0.3, 0.4) is 0 Å². The Labute approximate surface area is 383 Å². The quantitative estimate of drug-likeness (QED) is 0.0322. The van der Waals surface area contributed by atoms with Gasteiger partial charge in [-0.3, -0.25) is 9.59 Å². The summed E-state index contributed by atoms with van der Waals surface area (Å²) in [4.78, 5) is 26.1. The first-order valence-electron chi connectivity index (χ1n) is 25.9. The smallest absolute Gasteiger partial charge is 0.306 e. The molecule has 6 heteroatoms. The Balaban J connectivity index is 4.73. The van der Waals surface area contributed by atoms with Crippen LogP contribution in [0.4, 0.5) is 0 Å². The Kier molecular flexibility index (Phi) is 46.7. The average Bonchev–Trinajstić information content (AvgIpc) is 3.26. The van der Waals surface area contributed by atoms with Gasteiger partial charge in [-0.15, -0.1) is 0 Å². The molecule has 3 unspecified atom stereocenters. The van der Waals surface area contributed by atoms with E-state index < -0.39 is 18.2 Å². The van der Waals surface area contributed by atoms with Crippen LogP contribution < -0.4 is 5.32 Å². The summed E-state index contributed by atoms with van der Waals surface area (Å²) in [6, 6.07) is -0.722. The van der Waals surface area contributed by atoms with E-state index in [0.717, 1.165) is 96.3 Å². The minimum atomic E-state index is -0.805. The van der Waals surface area contributed by atoms with Gasteiger partial charge in [0.25, 0.3) is 0 Å². The average molecular weight is 864 g/mol. The molecule has 0 heterocycles. The first-order valence-corrected chi connectivity index (χ1v) is 25.9. The van der Waals surface area contributed by atoms with Crippen molar-refractivity contribution < 1.29 is 24.5 Å². The number of ether oxygens (including phenoxy) is 1. The SMILES string of the molecule is CC/C=C/C=C/C=C/C=C\CCCCCCCC(=O)OC(CCCCC/C=C/C=C/C=C/CCCCCCC)CC(=O)NC(CO)C(O)CCCCCCCCCCCCCC. The van der Waals surface area contributed by atoms with Gasteiger partial charge in [0.1, 0.15) is 6.10 Å². The Morgan fingerprint density at radius 2 is 0.871 bits per heavy atom. The van der Waals surface area contributed by atoms with Gasteiger partial charge >= 0.3 is 5.97 Å². The van der Waals surface area contributed by atoms with Crippen molar-refractivity contribution in [3.05, 3.63) is 85.1 Å². The fourth-order valence-electron chi connectivity index (χ4n) is 7.44. The Bertz CT molecular complexity index is 1200. The monoisotopic (exact) mass is 864 g/mol. The highest BCUT2D eigenvalue weighted by Gasteiger charge is 2.24. The molecule has 0 aliphatic carbocycles. The molecule has 3 atom stereocenters. The van der Waals surface area contributed by atoms with Crippen LogP contribution in [-0.4, -0.2) is 46.9 Å². The lowest BCUT2D eigenvalue weighted by molar-refractivity contribution is -0.151. The standard InChI is InChI=1S/C56H97NO5/c1-4-7-10-13-16-19-22-25-27-29-30-32-35-38-41-44-47-52(62-56(61)49-46-43-40-37-34-31-28-26-23-20-17-14-11-8-5-2)50-55(60)57-53(51-58)54(59)48-45-42-39-36-33-24-21-18-15-12-9-6-3/h8,11,14,17,20,22-23,25-30,32,52-54,58-59H,4-7,9-10,12-13,15-16,18-19,21,24,31,33-51H2,1-3H3,(H,57,60)/b11-8+,17-14+,23-20+,25-22+,28-26-,29-27+,32-30+. The van der Waals surface area contributed by atoms with Gasteiger partial charge in [-0.05, 0) is 70.6 Å². The summed E-state index contributed by atoms with van der Waals surface area (Å²) in [5, 5.41) is 23.7. The summed E-state index contributed by atoms with van der Waals surface area (Å²) in [6.07, 6.45) is 63.5. The van der Waals surface area contributed by atoms with Crippen LogP contribution in [0.15, 0.2) is 85.1 Å². The fourth-order valence-corrected chi connectivity index (χ4v) is 7.44. The number of rotatable bonds is 45. The van der Waals surface area contributed by atoms with Crippen molar-refractivity contribution in [2.45, 2.75) is 251 Å². The highest BCUT2D eigenvalue weighted by molar-refractivity contribution is 5.77. The van der Waals surface area contributed by atoms with Gasteiger partial charge in [-0.2, -0.15) is 0 Å². The van der Waals surface area contributed by atoms with Gasteiger partial charge < -0.3 is 20.3 Å². The number of aliphatic hydroxyl groups is 2. The number of carbonyl (C=O) groups excluding carboxylic acids is 2. The van der Waals surface area contributed by atoms with Crippen LogP contribution >= 0.6 is 0 Å². The molecule has 1 amide bonds. The van der Waals surface area contributed by atoms with E-state index in [2.05, 4.69) is 92.9 Å². The van der Waals surface area contributed by atoms with Crippen LogP contribution in [0, 0.1) is 0 Å². The number of esters is 1. The number of nitrogens with one attached hydrogen (secondary N) is 1. The number of carbonyl (C=O) groups is 2. The lowest BCUT2D eigenvalue weighted by atomic mass is 10.0. The van der Waals surface area contributed by atoms with Gasteiger partial charge in [-0.25, -0.2) is 0 Å². The summed E-state index contributed by atoms with van der Waals surface area (Å²) in [5.41, 5.74) is 0. The zero-order valence-corrected chi connectivity index (χ0v) is 40.5. The number of hydrogen-bond acceptors (Lipinski definition) is 5. The van der Waals surface area contributed by atoms with Crippen molar-refractivity contribution >= 4 is 11.9 Å². The van der Waals surface area contributed by atoms with Crippen LogP contribution in [0.25, 0.3) is 0 Å². The second kappa shape index (κ2) is 49.1. The van der Waals surface area contributed by atoms with E-state index in [1.54, 1.807) is 0 Å². The number of aliphatic hydroxyl groups excluding tert-OH is 2. The number of hydrogen-bond donors (Lipinski definition) is 3. The summed E-state index contributed by atoms with van der Waals surface area (Å²) >= 11 is 0.